The Morgan fingerprint density at radius 3 is 2.46 bits per heavy atom. The fourth-order valence-corrected chi connectivity index (χ4v) is 1.25. The molecule has 0 aliphatic heterocycles. The predicted molar refractivity (Wildman–Crippen MR) is 48.8 cm³/mol. The molecule has 0 bridgehead atoms. The monoisotopic (exact) mass is 218 g/mol. The first-order valence-corrected chi connectivity index (χ1v) is 3.99. The molecule has 0 spiro atoms. The molecule has 1 aromatic rings. The number of halogens is 2. The molecular formula is C8H4Cl2O3. The van der Waals surface area contributed by atoms with Crippen molar-refractivity contribution >= 4 is 35.5 Å². The molecule has 0 amide bonds. The maximum Gasteiger partial charge on any atom is 0.337 e. The molecule has 0 unspecified atom stereocenters. The van der Waals surface area contributed by atoms with E-state index in [0.717, 1.165) is 0 Å². The second kappa shape index (κ2) is 3.77. The van der Waals surface area contributed by atoms with Crippen LogP contribution in [0.25, 0.3) is 0 Å². The molecule has 3 nitrogen and oxygen atoms in total. The van der Waals surface area contributed by atoms with Crippen molar-refractivity contribution < 1.29 is 14.7 Å². The molecule has 5 heteroatoms. The van der Waals surface area contributed by atoms with Crippen molar-refractivity contribution in [2.75, 3.05) is 0 Å². The number of hydrogen-bond donors (Lipinski definition) is 1. The summed E-state index contributed by atoms with van der Waals surface area (Å²) < 4.78 is 0. The number of carbonyl (C=O) groups excluding carboxylic acids is 1. The van der Waals surface area contributed by atoms with E-state index >= 15 is 0 Å². The van der Waals surface area contributed by atoms with E-state index in [2.05, 4.69) is 0 Å². The van der Waals surface area contributed by atoms with Crippen molar-refractivity contribution in [2.45, 2.75) is 0 Å². The first-order chi connectivity index (χ1) is 6.06. The van der Waals surface area contributed by atoms with E-state index in [0.29, 0.717) is 6.29 Å². The van der Waals surface area contributed by atoms with Crippen LogP contribution in [0.3, 0.4) is 0 Å². The molecule has 0 saturated carbocycles. The molecule has 68 valence electrons. The van der Waals surface area contributed by atoms with Crippen LogP contribution in [0.4, 0.5) is 0 Å². The molecule has 0 saturated heterocycles. The van der Waals surface area contributed by atoms with E-state index in [1.165, 1.54) is 12.1 Å². The van der Waals surface area contributed by atoms with Gasteiger partial charge >= 0.3 is 5.97 Å². The van der Waals surface area contributed by atoms with Gasteiger partial charge in [-0.2, -0.15) is 0 Å². The summed E-state index contributed by atoms with van der Waals surface area (Å²) in [6, 6.07) is 2.48. The second-order valence-electron chi connectivity index (χ2n) is 2.29. The maximum atomic E-state index is 10.6. The number of benzene rings is 1. The molecule has 0 aromatic heterocycles. The second-order valence-corrected chi connectivity index (χ2v) is 3.07. The third kappa shape index (κ3) is 1.99. The number of rotatable bonds is 2. The third-order valence-corrected chi connectivity index (χ3v) is 2.22. The molecule has 0 heterocycles. The normalized spacial score (nSPS) is 9.69. The summed E-state index contributed by atoms with van der Waals surface area (Å²) in [5.74, 6) is -1.21. The van der Waals surface area contributed by atoms with Crippen LogP contribution in [0, 0.1) is 0 Å². The molecule has 0 radical (unpaired) electrons. The lowest BCUT2D eigenvalue weighted by molar-refractivity contribution is 0.0697. The molecule has 0 aliphatic rings. The summed E-state index contributed by atoms with van der Waals surface area (Å²) in [5.41, 5.74) is 0.0167. The summed E-state index contributed by atoms with van der Waals surface area (Å²) in [4.78, 5) is 20.9. The van der Waals surface area contributed by atoms with Gasteiger partial charge in [0, 0.05) is 5.56 Å². The van der Waals surface area contributed by atoms with Gasteiger partial charge in [0.2, 0.25) is 0 Å². The van der Waals surface area contributed by atoms with Crippen LogP contribution in [0.2, 0.25) is 10.0 Å². The van der Waals surface area contributed by atoms with Gasteiger partial charge in [-0.3, -0.25) is 4.79 Å². The minimum atomic E-state index is -1.21. The van der Waals surface area contributed by atoms with Crippen molar-refractivity contribution in [3.05, 3.63) is 33.3 Å². The van der Waals surface area contributed by atoms with Crippen LogP contribution in [0.15, 0.2) is 12.1 Å². The highest BCUT2D eigenvalue weighted by molar-refractivity contribution is 6.43. The van der Waals surface area contributed by atoms with Crippen molar-refractivity contribution in [3.63, 3.8) is 0 Å². The van der Waals surface area contributed by atoms with Gasteiger partial charge in [0.15, 0.2) is 0 Å². The topological polar surface area (TPSA) is 54.4 Å². The van der Waals surface area contributed by atoms with Crippen molar-refractivity contribution in [2.24, 2.45) is 0 Å². The van der Waals surface area contributed by atoms with Crippen LogP contribution in [-0.2, 0) is 0 Å². The molecule has 13 heavy (non-hydrogen) atoms. The maximum absolute atomic E-state index is 10.6. The van der Waals surface area contributed by atoms with Gasteiger partial charge in [-0.15, -0.1) is 0 Å². The fourth-order valence-electron chi connectivity index (χ4n) is 0.834. The van der Waals surface area contributed by atoms with E-state index in [4.69, 9.17) is 28.3 Å². The van der Waals surface area contributed by atoms with Crippen molar-refractivity contribution in [1.29, 1.82) is 0 Å². The minimum absolute atomic E-state index is 0.0558. The molecule has 1 N–H and O–H groups in total. The highest BCUT2D eigenvalue weighted by Crippen LogP contribution is 2.27. The quantitative estimate of drug-likeness (QED) is 0.777. The van der Waals surface area contributed by atoms with Gasteiger partial charge in [-0.1, -0.05) is 23.2 Å². The van der Waals surface area contributed by atoms with Gasteiger partial charge in [0.1, 0.15) is 6.29 Å². The van der Waals surface area contributed by atoms with Crippen LogP contribution in [0.1, 0.15) is 20.7 Å². The summed E-state index contributed by atoms with van der Waals surface area (Å²) >= 11 is 11.2. The number of carbonyl (C=O) groups is 2. The minimum Gasteiger partial charge on any atom is -0.478 e. The Morgan fingerprint density at radius 2 is 2.00 bits per heavy atom. The predicted octanol–water partition coefficient (Wildman–Crippen LogP) is 2.50. The van der Waals surface area contributed by atoms with Crippen LogP contribution in [-0.4, -0.2) is 17.4 Å². The molecule has 0 fully saturated rings. The number of aromatic carboxylic acids is 1. The first-order valence-electron chi connectivity index (χ1n) is 3.23. The summed E-state index contributed by atoms with van der Waals surface area (Å²) in [6.07, 6.45) is 0.509. The van der Waals surface area contributed by atoms with Crippen LogP contribution in [0.5, 0.6) is 0 Å². The molecule has 0 atom stereocenters. The van der Waals surface area contributed by atoms with Gasteiger partial charge in [-0.05, 0) is 12.1 Å². The van der Waals surface area contributed by atoms with E-state index in [1.54, 1.807) is 0 Å². The summed E-state index contributed by atoms with van der Waals surface area (Å²) in [6.45, 7) is 0. The number of carboxylic acid groups (broad SMARTS) is 1. The SMILES string of the molecule is O=Cc1cc(Cl)c(Cl)c(C(=O)O)c1. The summed E-state index contributed by atoms with van der Waals surface area (Å²) in [7, 11) is 0. The van der Waals surface area contributed by atoms with E-state index in [-0.39, 0.29) is 21.2 Å². The van der Waals surface area contributed by atoms with Gasteiger partial charge in [-0.25, -0.2) is 4.79 Å². The Bertz CT molecular complexity index is 374. The zero-order valence-corrected chi connectivity index (χ0v) is 7.76. The van der Waals surface area contributed by atoms with E-state index < -0.39 is 5.97 Å². The number of aldehydes is 1. The Hall–Kier alpha value is -1.06. The Balaban J connectivity index is 3.41. The largest absolute Gasteiger partial charge is 0.478 e. The molecule has 0 aliphatic carbocycles. The first kappa shape index (κ1) is 10.0. The van der Waals surface area contributed by atoms with Crippen molar-refractivity contribution in [3.8, 4) is 0 Å². The zero-order chi connectivity index (χ0) is 10.0. The average Bonchev–Trinajstić information content (AvgIpc) is 2.09. The zero-order valence-electron chi connectivity index (χ0n) is 6.25. The fraction of sp³-hybridized carbons (Fsp3) is 0. The Labute approximate surface area is 83.9 Å². The highest BCUT2D eigenvalue weighted by Gasteiger charge is 2.12. The van der Waals surface area contributed by atoms with E-state index in [1.807, 2.05) is 0 Å². The lowest BCUT2D eigenvalue weighted by atomic mass is 10.1. The Morgan fingerprint density at radius 1 is 1.38 bits per heavy atom. The highest BCUT2D eigenvalue weighted by atomic mass is 35.5. The Kier molecular flexibility index (Phi) is 2.90. The smallest absolute Gasteiger partial charge is 0.337 e. The average molecular weight is 219 g/mol. The summed E-state index contributed by atoms with van der Waals surface area (Å²) in [5, 5.41) is 8.65. The number of carboxylic acids is 1. The lowest BCUT2D eigenvalue weighted by Gasteiger charge is -2.01. The van der Waals surface area contributed by atoms with Gasteiger partial charge in [0.05, 0.1) is 15.6 Å². The molecule has 1 rings (SSSR count). The van der Waals surface area contributed by atoms with Gasteiger partial charge in [0.25, 0.3) is 0 Å². The van der Waals surface area contributed by atoms with Crippen LogP contribution >= 0.6 is 23.2 Å². The number of hydrogen-bond acceptors (Lipinski definition) is 2. The van der Waals surface area contributed by atoms with Crippen molar-refractivity contribution in [1.82, 2.24) is 0 Å². The third-order valence-electron chi connectivity index (χ3n) is 1.42. The standard InChI is InChI=1S/C8H4Cl2O3/c9-6-2-4(3-11)1-5(7(6)10)8(12)13/h1-3H,(H,12,13). The van der Waals surface area contributed by atoms with E-state index in [9.17, 15) is 9.59 Å². The van der Waals surface area contributed by atoms with Crippen LogP contribution < -0.4 is 0 Å². The van der Waals surface area contributed by atoms with Gasteiger partial charge < -0.3 is 5.11 Å². The molecule has 1 aromatic carbocycles. The molecular weight excluding hydrogens is 215 g/mol. The lowest BCUT2D eigenvalue weighted by Crippen LogP contribution is -1.99.